The quantitative estimate of drug-likeness (QED) is 0.644. The third-order valence-corrected chi connectivity index (χ3v) is 6.82. The number of aliphatic imine (C=N–C) groups is 1. The second-order valence-corrected chi connectivity index (χ2v) is 8.65. The number of benzene rings is 2. The Morgan fingerprint density at radius 2 is 1.84 bits per heavy atom. The third-order valence-electron chi connectivity index (χ3n) is 6.82. The fourth-order valence-electron chi connectivity index (χ4n) is 5.18. The molecule has 1 spiro atoms. The zero-order chi connectivity index (χ0) is 22.2. The maximum absolute atomic E-state index is 14.3. The summed E-state index contributed by atoms with van der Waals surface area (Å²) < 4.78 is 28.0. The lowest BCUT2D eigenvalue weighted by atomic mass is 9.76. The van der Waals surface area contributed by atoms with E-state index in [-0.39, 0.29) is 17.1 Å². The van der Waals surface area contributed by atoms with E-state index in [4.69, 9.17) is 4.99 Å². The lowest BCUT2D eigenvalue weighted by Crippen LogP contribution is -2.50. The van der Waals surface area contributed by atoms with Crippen LogP contribution < -0.4 is 10.9 Å². The monoisotopic (exact) mass is 435 g/mol. The lowest BCUT2D eigenvalue weighted by molar-refractivity contribution is -0.136. The van der Waals surface area contributed by atoms with Gasteiger partial charge in [-0.1, -0.05) is 12.1 Å². The van der Waals surface area contributed by atoms with E-state index >= 15 is 0 Å². The number of carbonyl (C=O) groups excluding carboxylic acids is 1. The first-order valence-corrected chi connectivity index (χ1v) is 10.5. The molecule has 0 saturated heterocycles. The number of anilines is 1. The zero-order valence-corrected chi connectivity index (χ0v) is 17.2. The van der Waals surface area contributed by atoms with Gasteiger partial charge >= 0.3 is 0 Å². The van der Waals surface area contributed by atoms with Crippen LogP contribution in [0.25, 0.3) is 10.8 Å². The van der Waals surface area contributed by atoms with E-state index in [9.17, 15) is 18.4 Å². The number of carbonyl (C=O) groups is 1. The van der Waals surface area contributed by atoms with Gasteiger partial charge in [0.15, 0.2) is 0 Å². The molecule has 2 aromatic carbocycles. The van der Waals surface area contributed by atoms with Crippen molar-refractivity contribution in [3.8, 4) is 0 Å². The largest absolute Gasteiger partial charge is 0.375 e. The van der Waals surface area contributed by atoms with Crippen LogP contribution >= 0.6 is 0 Å². The molecule has 9 heteroatoms. The highest BCUT2D eigenvalue weighted by Gasteiger charge is 2.55. The van der Waals surface area contributed by atoms with Crippen molar-refractivity contribution in [3.63, 3.8) is 0 Å². The first kappa shape index (κ1) is 19.1. The lowest BCUT2D eigenvalue weighted by Gasteiger charge is -2.41. The highest BCUT2D eigenvalue weighted by atomic mass is 19.1. The van der Waals surface area contributed by atoms with Gasteiger partial charge in [0, 0.05) is 11.1 Å². The zero-order valence-electron chi connectivity index (χ0n) is 17.2. The normalized spacial score (nSPS) is 23.3. The van der Waals surface area contributed by atoms with Gasteiger partial charge in [-0.2, -0.15) is 5.10 Å². The number of nitrogens with one attached hydrogen (secondary N) is 2. The molecule has 2 aliphatic heterocycles. The van der Waals surface area contributed by atoms with Crippen LogP contribution in [0.1, 0.15) is 49.5 Å². The van der Waals surface area contributed by atoms with Gasteiger partial charge in [0.05, 0.1) is 17.1 Å². The number of nitrogens with zero attached hydrogens (tertiary/aromatic N) is 3. The number of aromatic amines is 1. The molecule has 3 aliphatic rings. The first-order valence-electron chi connectivity index (χ1n) is 10.5. The Hall–Kier alpha value is -3.62. The highest BCUT2D eigenvalue weighted by Crippen LogP contribution is 2.50. The molecule has 1 saturated carbocycles. The number of H-pyrrole nitrogens is 1. The second-order valence-electron chi connectivity index (χ2n) is 8.65. The molecule has 7 nitrogen and oxygen atoms in total. The average molecular weight is 435 g/mol. The van der Waals surface area contributed by atoms with E-state index in [1.165, 1.54) is 24.3 Å². The fourth-order valence-corrected chi connectivity index (χ4v) is 5.18. The molecule has 0 bridgehead atoms. The number of hydrogen-bond acceptors (Lipinski definition) is 5. The number of amides is 1. The minimum atomic E-state index is -0.734. The van der Waals surface area contributed by atoms with E-state index in [0.717, 1.165) is 6.42 Å². The standard InChI is InChI=1S/C23H19F2N5O2/c1-11-27-23(7-2-8-23)22(32)30(11)20-18(12-3-5-13(24)6-4-12)26-16-10-14(25)9-15-17(16)19(20)28-29-21(15)31/h3-6,9-10,18,20,26H,2,7-8H2,1H3,(H,29,31)/t18-,20-/m0/s1. The van der Waals surface area contributed by atoms with Crippen molar-refractivity contribution < 1.29 is 13.6 Å². The van der Waals surface area contributed by atoms with Crippen LogP contribution in [0.3, 0.4) is 0 Å². The second kappa shape index (κ2) is 6.44. The fraction of sp³-hybridized carbons (Fsp3) is 0.304. The molecule has 1 aliphatic carbocycles. The number of amidine groups is 1. The van der Waals surface area contributed by atoms with Crippen LogP contribution in [0, 0.1) is 11.6 Å². The molecule has 3 heterocycles. The van der Waals surface area contributed by atoms with Crippen molar-refractivity contribution in [2.75, 3.05) is 5.32 Å². The molecule has 2 atom stereocenters. The van der Waals surface area contributed by atoms with Gasteiger partial charge in [0.2, 0.25) is 0 Å². The molecule has 0 unspecified atom stereocenters. The number of hydrogen-bond donors (Lipinski definition) is 2. The van der Waals surface area contributed by atoms with Crippen LogP contribution in [0.15, 0.2) is 46.2 Å². The first-order chi connectivity index (χ1) is 15.4. The Morgan fingerprint density at radius 1 is 1.09 bits per heavy atom. The molecular formula is C23H19F2N5O2. The van der Waals surface area contributed by atoms with Gasteiger partial charge in [-0.3, -0.25) is 19.5 Å². The molecule has 6 rings (SSSR count). The van der Waals surface area contributed by atoms with E-state index in [2.05, 4.69) is 15.5 Å². The Morgan fingerprint density at radius 3 is 2.50 bits per heavy atom. The predicted molar refractivity (Wildman–Crippen MR) is 114 cm³/mol. The van der Waals surface area contributed by atoms with Crippen molar-refractivity contribution in [3.05, 3.63) is 69.6 Å². The van der Waals surface area contributed by atoms with Crippen LogP contribution in [0.5, 0.6) is 0 Å². The highest BCUT2D eigenvalue weighted by molar-refractivity contribution is 6.09. The van der Waals surface area contributed by atoms with E-state index in [1.54, 1.807) is 24.0 Å². The Bertz CT molecular complexity index is 1380. The molecule has 0 radical (unpaired) electrons. The average Bonchev–Trinajstić information content (AvgIpc) is 3.01. The summed E-state index contributed by atoms with van der Waals surface area (Å²) in [6, 6.07) is 7.18. The van der Waals surface area contributed by atoms with Gasteiger partial charge in [0.25, 0.3) is 11.5 Å². The summed E-state index contributed by atoms with van der Waals surface area (Å²) in [7, 11) is 0. The van der Waals surface area contributed by atoms with E-state index in [1.807, 2.05) is 0 Å². The molecule has 32 heavy (non-hydrogen) atoms. The van der Waals surface area contributed by atoms with Gasteiger partial charge in [-0.15, -0.1) is 0 Å². The van der Waals surface area contributed by atoms with Crippen LogP contribution in [-0.4, -0.2) is 32.4 Å². The summed E-state index contributed by atoms with van der Waals surface area (Å²) in [5.41, 5.74) is 0.296. The van der Waals surface area contributed by atoms with Crippen molar-refractivity contribution in [1.82, 2.24) is 15.1 Å². The van der Waals surface area contributed by atoms with Crippen LogP contribution in [0.4, 0.5) is 14.5 Å². The molecule has 2 N–H and O–H groups in total. The summed E-state index contributed by atoms with van der Waals surface area (Å²) in [5.74, 6) is -0.491. The van der Waals surface area contributed by atoms with Gasteiger partial charge in [-0.25, -0.2) is 13.9 Å². The van der Waals surface area contributed by atoms with Crippen molar-refractivity contribution in [2.45, 2.75) is 43.8 Å². The summed E-state index contributed by atoms with van der Waals surface area (Å²) >= 11 is 0. The minimum absolute atomic E-state index is 0.105. The number of halogens is 2. The topological polar surface area (TPSA) is 90.5 Å². The van der Waals surface area contributed by atoms with Crippen molar-refractivity contribution in [2.24, 2.45) is 4.99 Å². The Labute approximate surface area is 181 Å². The predicted octanol–water partition coefficient (Wildman–Crippen LogP) is 3.59. The molecule has 1 aromatic heterocycles. The number of aromatic nitrogens is 2. The Balaban J connectivity index is 1.60. The molecular weight excluding hydrogens is 416 g/mol. The molecule has 1 amide bonds. The maximum Gasteiger partial charge on any atom is 0.272 e. The van der Waals surface area contributed by atoms with Gasteiger partial charge in [0.1, 0.15) is 29.1 Å². The molecule has 162 valence electrons. The van der Waals surface area contributed by atoms with Crippen LogP contribution in [0.2, 0.25) is 0 Å². The maximum atomic E-state index is 14.3. The van der Waals surface area contributed by atoms with Gasteiger partial charge in [-0.05, 0) is 56.0 Å². The van der Waals surface area contributed by atoms with Crippen molar-refractivity contribution >= 4 is 28.2 Å². The summed E-state index contributed by atoms with van der Waals surface area (Å²) in [6.45, 7) is 1.79. The minimum Gasteiger partial charge on any atom is -0.375 e. The van der Waals surface area contributed by atoms with Gasteiger partial charge < -0.3 is 5.32 Å². The summed E-state index contributed by atoms with van der Waals surface area (Å²) in [5, 5.41) is 10.7. The van der Waals surface area contributed by atoms with E-state index < -0.39 is 29.0 Å². The van der Waals surface area contributed by atoms with Crippen LogP contribution in [-0.2, 0) is 4.79 Å². The van der Waals surface area contributed by atoms with Crippen molar-refractivity contribution in [1.29, 1.82) is 0 Å². The molecule has 1 fully saturated rings. The molecule has 3 aromatic rings. The van der Waals surface area contributed by atoms with E-state index in [0.29, 0.717) is 41.0 Å². The summed E-state index contributed by atoms with van der Waals surface area (Å²) in [6.07, 6.45) is 2.32. The number of rotatable bonds is 2. The Kier molecular flexibility index (Phi) is 3.84. The third kappa shape index (κ3) is 2.50. The SMILES string of the molecule is CC1=NC2(CCC2)C(=O)N1[C@@H]1c2n[nH]c(=O)c3cc(F)cc(c23)N[C@H]1c1ccc(F)cc1. The smallest absolute Gasteiger partial charge is 0.272 e. The summed E-state index contributed by atoms with van der Waals surface area (Å²) in [4.78, 5) is 32.3.